The molecular weight excluding hydrogens is 320 g/mol. The number of hydrogen-bond donors (Lipinski definition) is 2. The topological polar surface area (TPSA) is 106 Å². The Labute approximate surface area is 124 Å². The van der Waals surface area contributed by atoms with E-state index in [9.17, 15) is 16.8 Å². The molecule has 0 bridgehead atoms. The van der Waals surface area contributed by atoms with Crippen LogP contribution in [0, 0.1) is 0 Å². The van der Waals surface area contributed by atoms with Gasteiger partial charge in [-0.15, -0.1) is 0 Å². The van der Waals surface area contributed by atoms with Gasteiger partial charge in [0, 0.05) is 18.1 Å². The minimum Gasteiger partial charge on any atom is -0.398 e. The van der Waals surface area contributed by atoms with Crippen LogP contribution in [0.15, 0.2) is 28.0 Å². The van der Waals surface area contributed by atoms with E-state index < -0.39 is 19.9 Å². The summed E-state index contributed by atoms with van der Waals surface area (Å²) in [5.74, 6) is 0. The second kappa shape index (κ2) is 6.33. The molecule has 9 heteroatoms. The summed E-state index contributed by atoms with van der Waals surface area (Å²) in [6.07, 6.45) is 2.88. The number of sulfone groups is 1. The predicted molar refractivity (Wildman–Crippen MR) is 82.1 cm³/mol. The van der Waals surface area contributed by atoms with E-state index in [0.29, 0.717) is 0 Å². The summed E-state index contributed by atoms with van der Waals surface area (Å²) in [7, 11) is -7.32. The van der Waals surface area contributed by atoms with Crippen molar-refractivity contribution >= 4 is 37.3 Å². The molecule has 0 radical (unpaired) electrons. The molecule has 0 spiro atoms. The zero-order valence-electron chi connectivity index (χ0n) is 11.5. The summed E-state index contributed by atoms with van der Waals surface area (Å²) in [5, 5.41) is 0.101. The van der Waals surface area contributed by atoms with Crippen molar-refractivity contribution < 1.29 is 16.8 Å². The Morgan fingerprint density at radius 1 is 1.30 bits per heavy atom. The minimum absolute atomic E-state index is 0.0155. The van der Waals surface area contributed by atoms with Gasteiger partial charge in [-0.2, -0.15) is 11.8 Å². The Hall–Kier alpha value is -0.770. The van der Waals surface area contributed by atoms with Gasteiger partial charge >= 0.3 is 0 Å². The second-order valence-electron chi connectivity index (χ2n) is 4.37. The van der Waals surface area contributed by atoms with E-state index in [1.54, 1.807) is 0 Å². The molecule has 1 rings (SSSR count). The maximum absolute atomic E-state index is 12.2. The number of benzene rings is 1. The smallest absolute Gasteiger partial charge is 0.242 e. The van der Waals surface area contributed by atoms with E-state index in [4.69, 9.17) is 5.73 Å². The van der Waals surface area contributed by atoms with Gasteiger partial charge in [0.25, 0.3) is 0 Å². The van der Waals surface area contributed by atoms with Gasteiger partial charge in [0.05, 0.1) is 10.6 Å². The summed E-state index contributed by atoms with van der Waals surface area (Å²) < 4.78 is 49.7. The first kappa shape index (κ1) is 17.3. The lowest BCUT2D eigenvalue weighted by atomic mass is 10.3. The number of rotatable bonds is 6. The summed E-state index contributed by atoms with van der Waals surface area (Å²) >= 11 is 1.52. The van der Waals surface area contributed by atoms with E-state index in [2.05, 4.69) is 4.72 Å². The molecule has 0 aromatic heterocycles. The highest BCUT2D eigenvalue weighted by Gasteiger charge is 2.20. The third kappa shape index (κ3) is 4.37. The molecule has 1 aromatic carbocycles. The Morgan fingerprint density at radius 3 is 2.40 bits per heavy atom. The normalized spacial score (nSPS) is 14.2. The van der Waals surface area contributed by atoms with Crippen molar-refractivity contribution in [3.8, 4) is 0 Å². The van der Waals surface area contributed by atoms with E-state index in [1.807, 2.05) is 13.2 Å². The molecule has 0 saturated heterocycles. The molecule has 1 aromatic rings. The zero-order chi connectivity index (χ0) is 15.6. The zero-order valence-corrected chi connectivity index (χ0v) is 13.9. The van der Waals surface area contributed by atoms with Crippen LogP contribution in [-0.4, -0.2) is 41.1 Å². The van der Waals surface area contributed by atoms with Crippen LogP contribution in [0.2, 0.25) is 0 Å². The number of nitrogens with two attached hydrogens (primary N) is 1. The summed E-state index contributed by atoms with van der Waals surface area (Å²) in [5.41, 5.74) is 5.65. The fourth-order valence-electron chi connectivity index (χ4n) is 1.37. The quantitative estimate of drug-likeness (QED) is 0.740. The molecule has 3 N–H and O–H groups in total. The molecule has 1 unspecified atom stereocenters. The first-order chi connectivity index (χ1) is 9.08. The second-order valence-corrected chi connectivity index (χ2v) is 9.40. The van der Waals surface area contributed by atoms with Crippen molar-refractivity contribution in [2.45, 2.75) is 22.0 Å². The molecule has 0 amide bonds. The van der Waals surface area contributed by atoms with Gasteiger partial charge in [-0.05, 0) is 24.5 Å². The van der Waals surface area contributed by atoms with Gasteiger partial charge < -0.3 is 5.73 Å². The van der Waals surface area contributed by atoms with Crippen molar-refractivity contribution in [2.75, 3.05) is 24.8 Å². The molecule has 0 aliphatic heterocycles. The summed E-state index contributed by atoms with van der Waals surface area (Å²) in [4.78, 5) is -0.293. The lowest BCUT2D eigenvalue weighted by Gasteiger charge is -2.12. The van der Waals surface area contributed by atoms with Crippen LogP contribution in [0.3, 0.4) is 0 Å². The average molecular weight is 338 g/mol. The van der Waals surface area contributed by atoms with Crippen molar-refractivity contribution in [1.82, 2.24) is 4.72 Å². The van der Waals surface area contributed by atoms with E-state index >= 15 is 0 Å². The van der Waals surface area contributed by atoms with Gasteiger partial charge in [0.1, 0.15) is 4.90 Å². The Bertz CT molecular complexity index is 684. The van der Waals surface area contributed by atoms with Crippen LogP contribution in [0.25, 0.3) is 0 Å². The lowest BCUT2D eigenvalue weighted by molar-refractivity contribution is 0.581. The number of anilines is 1. The SMILES string of the molecule is CSC(C)CNS(=O)(=O)c1cc(S(C)(=O)=O)ccc1N. The fourth-order valence-corrected chi connectivity index (χ4v) is 3.73. The third-order valence-electron chi connectivity index (χ3n) is 2.67. The maximum Gasteiger partial charge on any atom is 0.242 e. The number of nitrogen functional groups attached to an aromatic ring is 1. The molecule has 0 aliphatic rings. The van der Waals surface area contributed by atoms with Crippen LogP contribution in [0.5, 0.6) is 0 Å². The van der Waals surface area contributed by atoms with E-state index in [0.717, 1.165) is 12.3 Å². The molecule has 6 nitrogen and oxygen atoms in total. The monoisotopic (exact) mass is 338 g/mol. The van der Waals surface area contributed by atoms with Gasteiger partial charge in [-0.25, -0.2) is 21.6 Å². The lowest BCUT2D eigenvalue weighted by Crippen LogP contribution is -2.30. The van der Waals surface area contributed by atoms with Crippen LogP contribution in [0.4, 0.5) is 5.69 Å². The molecular formula is C11H18N2O4S3. The number of nitrogens with one attached hydrogen (secondary N) is 1. The van der Waals surface area contributed by atoms with Crippen LogP contribution >= 0.6 is 11.8 Å². The molecule has 1 atom stereocenters. The molecule has 20 heavy (non-hydrogen) atoms. The average Bonchev–Trinajstić information content (AvgIpc) is 2.34. The van der Waals surface area contributed by atoms with E-state index in [-0.39, 0.29) is 27.3 Å². The maximum atomic E-state index is 12.2. The Kier molecular flexibility index (Phi) is 5.47. The fraction of sp³-hybridized carbons (Fsp3) is 0.455. The summed E-state index contributed by atoms with van der Waals surface area (Å²) in [6.45, 7) is 2.12. The minimum atomic E-state index is -3.83. The number of hydrogen-bond acceptors (Lipinski definition) is 6. The highest BCUT2D eigenvalue weighted by molar-refractivity contribution is 7.99. The molecule has 0 fully saturated rings. The highest BCUT2D eigenvalue weighted by Crippen LogP contribution is 2.22. The summed E-state index contributed by atoms with van der Waals surface area (Å²) in [6, 6.07) is 3.65. The van der Waals surface area contributed by atoms with Crippen molar-refractivity contribution in [3.05, 3.63) is 18.2 Å². The van der Waals surface area contributed by atoms with Crippen LogP contribution < -0.4 is 10.5 Å². The van der Waals surface area contributed by atoms with Gasteiger partial charge in [0.2, 0.25) is 10.0 Å². The van der Waals surface area contributed by atoms with E-state index in [1.165, 1.54) is 23.9 Å². The largest absolute Gasteiger partial charge is 0.398 e. The van der Waals surface area contributed by atoms with Crippen molar-refractivity contribution in [1.29, 1.82) is 0 Å². The molecule has 0 heterocycles. The van der Waals surface area contributed by atoms with Crippen molar-refractivity contribution in [3.63, 3.8) is 0 Å². The Morgan fingerprint density at radius 2 is 1.90 bits per heavy atom. The molecule has 0 aliphatic carbocycles. The van der Waals surface area contributed by atoms with Gasteiger partial charge in [-0.1, -0.05) is 6.92 Å². The standard InChI is InChI=1S/C11H18N2O4S3/c1-8(18-2)7-13-20(16,17)11-6-9(19(3,14)15)4-5-10(11)12/h4-6,8,13H,7,12H2,1-3H3. The first-order valence-electron chi connectivity index (χ1n) is 5.70. The highest BCUT2D eigenvalue weighted by atomic mass is 32.2. The first-order valence-corrected chi connectivity index (χ1v) is 10.4. The Balaban J connectivity index is 3.18. The number of sulfonamides is 1. The third-order valence-corrected chi connectivity index (χ3v) is 6.23. The van der Waals surface area contributed by atoms with Gasteiger partial charge in [-0.3, -0.25) is 0 Å². The van der Waals surface area contributed by atoms with Crippen LogP contribution in [0.1, 0.15) is 6.92 Å². The predicted octanol–water partition coefficient (Wildman–Crippen LogP) is 0.702. The van der Waals surface area contributed by atoms with Crippen molar-refractivity contribution in [2.24, 2.45) is 0 Å². The molecule has 0 saturated carbocycles. The van der Waals surface area contributed by atoms with Gasteiger partial charge in [0.15, 0.2) is 9.84 Å². The number of thioether (sulfide) groups is 1. The molecule has 114 valence electrons. The van der Waals surface area contributed by atoms with Crippen LogP contribution in [-0.2, 0) is 19.9 Å².